The number of thiophene rings is 1. The van der Waals surface area contributed by atoms with E-state index < -0.39 is 0 Å². The van der Waals surface area contributed by atoms with Gasteiger partial charge in [0.1, 0.15) is 16.2 Å². The van der Waals surface area contributed by atoms with E-state index in [1.807, 2.05) is 18.3 Å². The van der Waals surface area contributed by atoms with Crippen molar-refractivity contribution >= 4 is 44.9 Å². The van der Waals surface area contributed by atoms with Gasteiger partial charge in [-0.05, 0) is 68.0 Å². The lowest BCUT2D eigenvalue weighted by molar-refractivity contribution is -0.0691. The molecule has 2 aliphatic heterocycles. The lowest BCUT2D eigenvalue weighted by atomic mass is 9.97. The number of rotatable bonds is 7. The van der Waals surface area contributed by atoms with Crippen molar-refractivity contribution in [2.24, 2.45) is 7.05 Å². The number of pyridine rings is 3. The van der Waals surface area contributed by atoms with Crippen molar-refractivity contribution < 1.29 is 9.53 Å². The Bertz CT molecular complexity index is 2150. The van der Waals surface area contributed by atoms with Crippen LogP contribution in [0.5, 0.6) is 0 Å². The third kappa shape index (κ3) is 5.31. The summed E-state index contributed by atoms with van der Waals surface area (Å²) >= 11 is 1.52. The van der Waals surface area contributed by atoms with E-state index in [4.69, 9.17) is 4.74 Å². The molecule has 0 radical (unpaired) electrons. The number of carbonyl (C=O) groups excluding carboxylic acids is 1. The number of hydrogen-bond acceptors (Lipinski definition) is 11. The maximum Gasteiger partial charge on any atom is 0.290 e. The molecule has 246 valence electrons. The predicted octanol–water partition coefficient (Wildman–Crippen LogP) is 3.95. The van der Waals surface area contributed by atoms with Crippen LogP contribution in [0.15, 0.2) is 58.6 Å². The van der Waals surface area contributed by atoms with Crippen LogP contribution >= 0.6 is 11.3 Å². The molecule has 5 aromatic heterocycles. The number of aryl methyl sites for hydroxylation is 3. The van der Waals surface area contributed by atoms with Crippen LogP contribution in [0, 0.1) is 0 Å². The molecule has 2 saturated heterocycles. The highest BCUT2D eigenvalue weighted by Crippen LogP contribution is 2.35. The van der Waals surface area contributed by atoms with Gasteiger partial charge in [0.25, 0.3) is 11.1 Å². The number of carbonyl (C=O) groups is 1. The van der Waals surface area contributed by atoms with E-state index >= 15 is 0 Å². The summed E-state index contributed by atoms with van der Waals surface area (Å²) in [7, 11) is 1.66. The number of ether oxygens (including phenoxy) is 1. The Morgan fingerprint density at radius 2 is 1.90 bits per heavy atom. The van der Waals surface area contributed by atoms with E-state index in [1.54, 1.807) is 37.8 Å². The minimum Gasteiger partial charge on any atom is -0.378 e. The second-order valence-electron chi connectivity index (χ2n) is 12.8. The van der Waals surface area contributed by atoms with Crippen LogP contribution < -0.4 is 21.3 Å². The van der Waals surface area contributed by atoms with Crippen LogP contribution in [0.3, 0.4) is 0 Å². The zero-order valence-electron chi connectivity index (χ0n) is 26.9. The lowest BCUT2D eigenvalue weighted by Gasteiger charge is -2.46. The van der Waals surface area contributed by atoms with Gasteiger partial charge in [-0.25, -0.2) is 9.97 Å². The van der Waals surface area contributed by atoms with Crippen molar-refractivity contribution in [2.45, 2.75) is 44.7 Å². The van der Waals surface area contributed by atoms with Gasteiger partial charge >= 0.3 is 0 Å². The van der Waals surface area contributed by atoms with Crippen molar-refractivity contribution in [3.8, 4) is 16.9 Å². The molecular formula is C35H36N8O4S. The molecule has 0 amide bonds. The molecule has 1 aliphatic carbocycles. The van der Waals surface area contributed by atoms with E-state index in [1.165, 1.54) is 31.0 Å². The summed E-state index contributed by atoms with van der Waals surface area (Å²) in [6.07, 6.45) is 11.6. The minimum atomic E-state index is -0.291. The zero-order chi connectivity index (χ0) is 32.9. The molecule has 48 heavy (non-hydrogen) atoms. The normalized spacial score (nSPS) is 18.5. The number of nitrogens with zero attached hydrogens (tertiary/aromatic N) is 7. The number of nitrogens with one attached hydrogen (secondary N) is 1. The van der Waals surface area contributed by atoms with Gasteiger partial charge in [-0.3, -0.25) is 19.3 Å². The molecule has 3 aliphatic rings. The van der Waals surface area contributed by atoms with Crippen LogP contribution in [-0.2, 0) is 24.6 Å². The molecular weight excluding hydrogens is 629 g/mol. The Kier molecular flexibility index (Phi) is 7.89. The summed E-state index contributed by atoms with van der Waals surface area (Å²) in [5.74, 6) is 0.678. The molecule has 12 nitrogen and oxygen atoms in total. The Labute approximate surface area is 280 Å². The minimum absolute atomic E-state index is 0.150. The average molecular weight is 665 g/mol. The zero-order valence-corrected chi connectivity index (χ0v) is 27.7. The van der Waals surface area contributed by atoms with Crippen LogP contribution in [0.1, 0.15) is 40.6 Å². The second-order valence-corrected chi connectivity index (χ2v) is 13.9. The summed E-state index contributed by atoms with van der Waals surface area (Å²) in [6, 6.07) is 8.16. The Hall–Kier alpha value is -4.72. The predicted molar refractivity (Wildman–Crippen MR) is 186 cm³/mol. The molecule has 0 bridgehead atoms. The topological polar surface area (TPSA) is 127 Å². The van der Waals surface area contributed by atoms with Gasteiger partial charge in [0, 0.05) is 60.9 Å². The molecule has 0 spiro atoms. The van der Waals surface area contributed by atoms with Crippen LogP contribution in [0.2, 0.25) is 0 Å². The number of hydrogen-bond donors (Lipinski definition) is 1. The van der Waals surface area contributed by atoms with Crippen molar-refractivity contribution in [3.05, 3.63) is 85.8 Å². The first-order valence-corrected chi connectivity index (χ1v) is 17.2. The van der Waals surface area contributed by atoms with Crippen molar-refractivity contribution in [1.82, 2.24) is 29.2 Å². The summed E-state index contributed by atoms with van der Waals surface area (Å²) < 4.78 is 8.69. The molecule has 1 N–H and O–H groups in total. The van der Waals surface area contributed by atoms with Gasteiger partial charge in [-0.2, -0.15) is 9.78 Å². The van der Waals surface area contributed by atoms with E-state index in [2.05, 4.69) is 37.1 Å². The molecule has 0 aromatic carbocycles. The highest BCUT2D eigenvalue weighted by Gasteiger charge is 2.32. The van der Waals surface area contributed by atoms with Gasteiger partial charge in [-0.1, -0.05) is 0 Å². The number of anilines is 3. The third-order valence-corrected chi connectivity index (χ3v) is 11.1. The van der Waals surface area contributed by atoms with Crippen LogP contribution in [-0.4, -0.2) is 80.4 Å². The maximum absolute atomic E-state index is 13.7. The Morgan fingerprint density at radius 3 is 2.65 bits per heavy atom. The van der Waals surface area contributed by atoms with Gasteiger partial charge in [-0.15, -0.1) is 11.3 Å². The summed E-state index contributed by atoms with van der Waals surface area (Å²) in [6.45, 7) is 6.73. The highest BCUT2D eigenvalue weighted by atomic mass is 32.1. The first-order valence-electron chi connectivity index (χ1n) is 16.4. The lowest BCUT2D eigenvalue weighted by Crippen LogP contribution is -2.59. The summed E-state index contributed by atoms with van der Waals surface area (Å²) in [5.41, 5.74) is 3.35. The molecule has 0 saturated carbocycles. The van der Waals surface area contributed by atoms with Crippen LogP contribution in [0.25, 0.3) is 27.0 Å². The molecule has 5 aromatic rings. The summed E-state index contributed by atoms with van der Waals surface area (Å²) in [5, 5.41) is 8.55. The first-order chi connectivity index (χ1) is 23.4. The largest absolute Gasteiger partial charge is 0.378 e. The van der Waals surface area contributed by atoms with Crippen molar-refractivity contribution in [1.29, 1.82) is 0 Å². The molecule has 8 rings (SSSR count). The van der Waals surface area contributed by atoms with Crippen LogP contribution in [0.4, 0.5) is 17.2 Å². The van der Waals surface area contributed by atoms with Gasteiger partial charge < -0.3 is 19.5 Å². The van der Waals surface area contributed by atoms with E-state index in [-0.39, 0.29) is 22.5 Å². The number of aldehydes is 1. The quantitative estimate of drug-likeness (QED) is 0.256. The van der Waals surface area contributed by atoms with Crippen molar-refractivity contribution in [3.63, 3.8) is 0 Å². The molecule has 0 unspecified atom stereocenters. The van der Waals surface area contributed by atoms with E-state index in [0.29, 0.717) is 45.7 Å². The SMILES string of the molecule is C[C@@H]1CN(C2COC2)CCN1c1ccc(Nc2cc(-c3ccnc(-n4ncc5c6c(sc5c4=O)CCCC6)c3C=O)cn(C)c2=O)nc1. The number of aromatic nitrogens is 5. The first kappa shape index (κ1) is 30.6. The standard InChI is InChI=1S/C35H36N8O4S/c1-21-16-41(24-19-47-20-24)11-12-42(21)23-7-8-31(37-14-23)39-29-13-22(17-40(2)34(29)45)25-9-10-36-33(28(25)18-44)43-35(46)32-27(15-38-43)26-5-3-4-6-30(26)48-32/h7-10,13-15,17-18,21,24H,3-6,11-12,16,19-20H2,1-2H3,(H,37,39)/t21-/m1/s1. The van der Waals surface area contributed by atoms with E-state index in [9.17, 15) is 14.4 Å². The fraction of sp³-hybridized carbons (Fsp3) is 0.371. The highest BCUT2D eigenvalue weighted by molar-refractivity contribution is 7.19. The molecule has 2 fully saturated rings. The number of piperazine rings is 1. The average Bonchev–Trinajstić information content (AvgIpc) is 3.46. The molecule has 13 heteroatoms. The fourth-order valence-electron chi connectivity index (χ4n) is 7.15. The summed E-state index contributed by atoms with van der Waals surface area (Å²) in [4.78, 5) is 54.7. The monoisotopic (exact) mass is 664 g/mol. The molecule has 7 heterocycles. The van der Waals surface area contributed by atoms with Gasteiger partial charge in [0.15, 0.2) is 12.1 Å². The third-order valence-electron chi connectivity index (χ3n) is 9.82. The van der Waals surface area contributed by atoms with Gasteiger partial charge in [0.2, 0.25) is 0 Å². The smallest absolute Gasteiger partial charge is 0.290 e. The Morgan fingerprint density at radius 1 is 1.04 bits per heavy atom. The molecule has 1 atom stereocenters. The number of fused-ring (bicyclic) bond motifs is 3. The maximum atomic E-state index is 13.7. The Balaban J connectivity index is 1.08. The van der Waals surface area contributed by atoms with Gasteiger partial charge in [0.05, 0.1) is 42.9 Å². The van der Waals surface area contributed by atoms with E-state index in [0.717, 1.165) is 69.6 Å². The van der Waals surface area contributed by atoms with Crippen molar-refractivity contribution in [2.75, 3.05) is 43.1 Å². The second kappa shape index (κ2) is 12.4. The fourth-order valence-corrected chi connectivity index (χ4v) is 8.44.